The molecule has 0 saturated carbocycles. The van der Waals surface area contributed by atoms with E-state index in [-0.39, 0.29) is 17.1 Å². The third kappa shape index (κ3) is 4.58. The van der Waals surface area contributed by atoms with Gasteiger partial charge in [-0.25, -0.2) is 4.79 Å². The smallest absolute Gasteiger partial charge is 0.315 e. The molecule has 1 aromatic heterocycles. The second-order valence-corrected chi connectivity index (χ2v) is 7.05. The van der Waals surface area contributed by atoms with E-state index >= 15 is 0 Å². The number of nitrogens with one attached hydrogen (secondary N) is 3. The molecule has 2 amide bonds. The molecule has 5 heteroatoms. The summed E-state index contributed by atoms with van der Waals surface area (Å²) in [5.41, 5.74) is 3.42. The van der Waals surface area contributed by atoms with Gasteiger partial charge in [0, 0.05) is 28.6 Å². The fraction of sp³-hybridized carbons (Fsp3) is 0.444. The van der Waals surface area contributed by atoms with Crippen LogP contribution in [0.1, 0.15) is 37.5 Å². The van der Waals surface area contributed by atoms with E-state index in [1.165, 1.54) is 0 Å². The van der Waals surface area contributed by atoms with Crippen LogP contribution in [0.25, 0.3) is 10.9 Å². The van der Waals surface area contributed by atoms with Gasteiger partial charge in [-0.15, -0.1) is 0 Å². The van der Waals surface area contributed by atoms with Crippen molar-refractivity contribution in [3.8, 4) is 0 Å². The molecule has 23 heavy (non-hydrogen) atoms. The van der Waals surface area contributed by atoms with Crippen molar-refractivity contribution in [2.24, 2.45) is 0 Å². The molecular formula is C18H25N3O2. The molecule has 2 aromatic rings. The summed E-state index contributed by atoms with van der Waals surface area (Å²) < 4.78 is 0. The summed E-state index contributed by atoms with van der Waals surface area (Å²) in [5.74, 6) is 0. The highest BCUT2D eigenvalue weighted by Crippen LogP contribution is 2.18. The highest BCUT2D eigenvalue weighted by Gasteiger charge is 2.13. The van der Waals surface area contributed by atoms with Crippen LogP contribution >= 0.6 is 0 Å². The number of H-pyrrole nitrogens is 1. The molecular weight excluding hydrogens is 290 g/mol. The van der Waals surface area contributed by atoms with Gasteiger partial charge in [-0.2, -0.15) is 0 Å². The van der Waals surface area contributed by atoms with Crippen LogP contribution < -0.4 is 16.2 Å². The summed E-state index contributed by atoms with van der Waals surface area (Å²) in [5, 5.41) is 6.66. The number of carbonyl (C=O) groups excluding carboxylic acids is 1. The number of hydrogen-bond donors (Lipinski definition) is 3. The highest BCUT2D eigenvalue weighted by molar-refractivity contribution is 5.83. The molecule has 0 spiro atoms. The fourth-order valence-corrected chi connectivity index (χ4v) is 2.60. The van der Waals surface area contributed by atoms with Crippen molar-refractivity contribution in [1.82, 2.24) is 15.6 Å². The largest absolute Gasteiger partial charge is 0.338 e. The Morgan fingerprint density at radius 3 is 2.52 bits per heavy atom. The van der Waals surface area contributed by atoms with E-state index in [0.29, 0.717) is 18.5 Å². The normalized spacial score (nSPS) is 11.5. The lowest BCUT2D eigenvalue weighted by atomic mass is 10.0. The van der Waals surface area contributed by atoms with Crippen LogP contribution in [0, 0.1) is 13.8 Å². The van der Waals surface area contributed by atoms with Crippen molar-refractivity contribution in [3.63, 3.8) is 0 Å². The van der Waals surface area contributed by atoms with Crippen molar-refractivity contribution < 1.29 is 4.79 Å². The Morgan fingerprint density at radius 2 is 1.87 bits per heavy atom. The molecule has 0 unspecified atom stereocenters. The first-order valence-electron chi connectivity index (χ1n) is 7.85. The standard InChI is InChI=1S/C18H25N3O2/c1-11-8-12(2)14-10-13(16(22)20-15(14)9-11)6-7-19-17(23)21-18(3,4)5/h8-10H,6-7H2,1-5H3,(H,20,22)(H2,19,21,23). The zero-order valence-corrected chi connectivity index (χ0v) is 14.5. The van der Waals surface area contributed by atoms with Crippen LogP contribution in [-0.2, 0) is 6.42 Å². The van der Waals surface area contributed by atoms with Gasteiger partial charge in [0.05, 0.1) is 0 Å². The Morgan fingerprint density at radius 1 is 1.17 bits per heavy atom. The molecule has 0 atom stereocenters. The molecule has 0 fully saturated rings. The molecule has 124 valence electrons. The number of rotatable bonds is 3. The predicted octanol–water partition coefficient (Wildman–Crippen LogP) is 2.79. The minimum atomic E-state index is -0.278. The van der Waals surface area contributed by atoms with Crippen molar-refractivity contribution in [2.75, 3.05) is 6.54 Å². The summed E-state index contributed by atoms with van der Waals surface area (Å²) in [7, 11) is 0. The number of hydrogen-bond acceptors (Lipinski definition) is 2. The molecule has 0 aliphatic carbocycles. The molecule has 0 bridgehead atoms. The molecule has 0 radical (unpaired) electrons. The maximum absolute atomic E-state index is 12.2. The molecule has 1 aromatic carbocycles. The molecule has 3 N–H and O–H groups in total. The monoisotopic (exact) mass is 315 g/mol. The average Bonchev–Trinajstić information content (AvgIpc) is 2.37. The Labute approximate surface area is 136 Å². The van der Waals surface area contributed by atoms with E-state index in [1.807, 2.05) is 46.8 Å². The maximum Gasteiger partial charge on any atom is 0.315 e. The molecule has 2 rings (SSSR count). The summed E-state index contributed by atoms with van der Waals surface area (Å²) >= 11 is 0. The Bertz CT molecular complexity index is 785. The number of aromatic nitrogens is 1. The molecule has 1 heterocycles. The van der Waals surface area contributed by atoms with Crippen molar-refractivity contribution in [3.05, 3.63) is 45.2 Å². The summed E-state index contributed by atoms with van der Waals surface area (Å²) in [4.78, 5) is 26.8. The Hall–Kier alpha value is -2.30. The molecule has 0 saturated heterocycles. The highest BCUT2D eigenvalue weighted by atomic mass is 16.2. The van der Waals surface area contributed by atoms with Gasteiger partial charge in [-0.3, -0.25) is 4.79 Å². The van der Waals surface area contributed by atoms with Gasteiger partial charge >= 0.3 is 6.03 Å². The average molecular weight is 315 g/mol. The van der Waals surface area contributed by atoms with E-state index < -0.39 is 0 Å². The fourth-order valence-electron chi connectivity index (χ4n) is 2.60. The van der Waals surface area contributed by atoms with Crippen LogP contribution in [0.5, 0.6) is 0 Å². The number of pyridine rings is 1. The second-order valence-electron chi connectivity index (χ2n) is 7.05. The van der Waals surface area contributed by atoms with Gasteiger partial charge in [0.2, 0.25) is 0 Å². The topological polar surface area (TPSA) is 74.0 Å². The number of amides is 2. The number of aryl methyl sites for hydroxylation is 2. The first-order chi connectivity index (χ1) is 10.7. The van der Waals surface area contributed by atoms with E-state index in [4.69, 9.17) is 0 Å². The zero-order valence-electron chi connectivity index (χ0n) is 14.5. The number of urea groups is 1. The van der Waals surface area contributed by atoms with E-state index in [9.17, 15) is 9.59 Å². The second kappa shape index (κ2) is 6.44. The Balaban J connectivity index is 2.11. The number of fused-ring (bicyclic) bond motifs is 1. The van der Waals surface area contributed by atoms with Crippen LogP contribution in [0.3, 0.4) is 0 Å². The third-order valence-corrected chi connectivity index (χ3v) is 3.56. The van der Waals surface area contributed by atoms with Gasteiger partial charge < -0.3 is 15.6 Å². The van der Waals surface area contributed by atoms with Crippen LogP contribution in [0.4, 0.5) is 4.79 Å². The van der Waals surface area contributed by atoms with Crippen LogP contribution in [0.15, 0.2) is 23.0 Å². The SMILES string of the molecule is Cc1cc(C)c2cc(CCNC(=O)NC(C)(C)C)c(=O)[nH]c2c1. The number of carbonyl (C=O) groups is 1. The molecule has 0 aliphatic rings. The minimum absolute atomic E-state index is 0.0967. The van der Waals surface area contributed by atoms with E-state index in [2.05, 4.69) is 21.7 Å². The third-order valence-electron chi connectivity index (χ3n) is 3.56. The lowest BCUT2D eigenvalue weighted by Crippen LogP contribution is -2.47. The summed E-state index contributed by atoms with van der Waals surface area (Å²) in [6.07, 6.45) is 0.496. The first-order valence-corrected chi connectivity index (χ1v) is 7.85. The number of aromatic amines is 1. The minimum Gasteiger partial charge on any atom is -0.338 e. The van der Waals surface area contributed by atoms with Gasteiger partial charge in [0.25, 0.3) is 5.56 Å². The lowest BCUT2D eigenvalue weighted by molar-refractivity contribution is 0.232. The van der Waals surface area contributed by atoms with Gasteiger partial charge in [-0.05, 0) is 64.3 Å². The zero-order chi connectivity index (χ0) is 17.2. The molecule has 0 aliphatic heterocycles. The first kappa shape index (κ1) is 17.1. The summed E-state index contributed by atoms with van der Waals surface area (Å²) in [6.45, 7) is 10.2. The van der Waals surface area contributed by atoms with Gasteiger partial charge in [0.15, 0.2) is 0 Å². The predicted molar refractivity (Wildman–Crippen MR) is 94.0 cm³/mol. The number of benzene rings is 1. The van der Waals surface area contributed by atoms with Crippen molar-refractivity contribution in [2.45, 2.75) is 46.6 Å². The van der Waals surface area contributed by atoms with Crippen molar-refractivity contribution >= 4 is 16.9 Å². The van der Waals surface area contributed by atoms with Crippen LogP contribution in [0.2, 0.25) is 0 Å². The van der Waals surface area contributed by atoms with Gasteiger partial charge in [-0.1, -0.05) is 6.07 Å². The summed E-state index contributed by atoms with van der Waals surface area (Å²) in [6, 6.07) is 5.77. The maximum atomic E-state index is 12.2. The van der Waals surface area contributed by atoms with Gasteiger partial charge in [0.1, 0.15) is 0 Å². The molecule has 5 nitrogen and oxygen atoms in total. The Kier molecular flexibility index (Phi) is 4.78. The van der Waals surface area contributed by atoms with Crippen LogP contribution in [-0.4, -0.2) is 23.1 Å². The lowest BCUT2D eigenvalue weighted by Gasteiger charge is -2.20. The van der Waals surface area contributed by atoms with E-state index in [1.54, 1.807) is 0 Å². The quantitative estimate of drug-likeness (QED) is 0.815. The van der Waals surface area contributed by atoms with E-state index in [0.717, 1.165) is 22.0 Å². The van der Waals surface area contributed by atoms with Crippen molar-refractivity contribution in [1.29, 1.82) is 0 Å².